The van der Waals surface area contributed by atoms with Crippen LogP contribution in [0, 0.1) is 0 Å². The van der Waals surface area contributed by atoms with Gasteiger partial charge in [0.1, 0.15) is 0 Å². The molecule has 1 aromatic carbocycles. The Morgan fingerprint density at radius 1 is 1.35 bits per heavy atom. The minimum absolute atomic E-state index is 0.00238. The fourth-order valence-corrected chi connectivity index (χ4v) is 2.18. The molecule has 0 radical (unpaired) electrons. The average Bonchev–Trinajstić information content (AvgIpc) is 2.24. The molecule has 1 aliphatic rings. The molecule has 0 aromatic heterocycles. The second-order valence-corrected chi connectivity index (χ2v) is 5.29. The van der Waals surface area contributed by atoms with Crippen LogP contribution in [0.4, 0.5) is 0 Å². The van der Waals surface area contributed by atoms with Crippen LogP contribution in [0.5, 0.6) is 0 Å². The Morgan fingerprint density at radius 3 is 2.71 bits per heavy atom. The molecule has 1 atom stereocenters. The average molecular weight is 233 g/mol. The van der Waals surface area contributed by atoms with Crippen molar-refractivity contribution in [1.29, 1.82) is 0 Å². The van der Waals surface area contributed by atoms with Gasteiger partial charge >= 0.3 is 0 Å². The summed E-state index contributed by atoms with van der Waals surface area (Å²) in [4.78, 5) is 0. The van der Waals surface area contributed by atoms with Gasteiger partial charge in [0.2, 0.25) is 0 Å². The van der Waals surface area contributed by atoms with Gasteiger partial charge in [0, 0.05) is 0 Å². The molecular weight excluding hydrogens is 210 g/mol. The quantitative estimate of drug-likeness (QED) is 0.846. The molecule has 1 aromatic rings. The van der Waals surface area contributed by atoms with Crippen LogP contribution in [-0.2, 0) is 4.74 Å². The highest BCUT2D eigenvalue weighted by Crippen LogP contribution is 2.36. The lowest BCUT2D eigenvalue weighted by Crippen LogP contribution is -2.20. The van der Waals surface area contributed by atoms with E-state index in [0.717, 1.165) is 5.92 Å². The van der Waals surface area contributed by atoms with E-state index in [-0.39, 0.29) is 12.1 Å². The van der Waals surface area contributed by atoms with E-state index >= 15 is 0 Å². The van der Waals surface area contributed by atoms with Gasteiger partial charge in [0.25, 0.3) is 0 Å². The third-order valence-electron chi connectivity index (χ3n) is 3.52. The zero-order chi connectivity index (χ0) is 12.3. The zero-order valence-corrected chi connectivity index (χ0v) is 10.9. The maximum Gasteiger partial charge on any atom is 0.0662 e. The van der Waals surface area contributed by atoms with Gasteiger partial charge in [-0.2, -0.15) is 0 Å². The first-order valence-electron chi connectivity index (χ1n) is 6.64. The van der Waals surface area contributed by atoms with Crippen molar-refractivity contribution in [1.82, 2.24) is 0 Å². The van der Waals surface area contributed by atoms with Crippen LogP contribution in [0.3, 0.4) is 0 Å². The van der Waals surface area contributed by atoms with E-state index in [9.17, 15) is 0 Å². The molecule has 0 heterocycles. The predicted molar refractivity (Wildman–Crippen MR) is 71.1 cm³/mol. The fourth-order valence-electron chi connectivity index (χ4n) is 2.18. The molecule has 0 bridgehead atoms. The van der Waals surface area contributed by atoms with Crippen molar-refractivity contribution < 1.29 is 4.74 Å². The number of benzene rings is 1. The third kappa shape index (κ3) is 3.30. The van der Waals surface area contributed by atoms with E-state index in [2.05, 4.69) is 24.3 Å². The van der Waals surface area contributed by atoms with Crippen LogP contribution in [0.2, 0.25) is 0 Å². The number of ether oxygens (including phenoxy) is 1. The lowest BCUT2D eigenvalue weighted by Gasteiger charge is -2.26. The lowest BCUT2D eigenvalue weighted by molar-refractivity contribution is 0.0683. The van der Waals surface area contributed by atoms with E-state index in [0.29, 0.717) is 6.61 Å². The summed E-state index contributed by atoms with van der Waals surface area (Å²) >= 11 is 0. The summed E-state index contributed by atoms with van der Waals surface area (Å²) < 4.78 is 5.57. The number of nitrogens with two attached hydrogens (primary N) is 1. The van der Waals surface area contributed by atoms with E-state index in [1.165, 1.54) is 30.4 Å². The van der Waals surface area contributed by atoms with Gasteiger partial charge in [-0.1, -0.05) is 30.7 Å². The standard InChI is InChI=1S/C15H23NO/c1-11(2)17-10-15(16)14-8-4-7-13(9-14)12-5-3-6-12/h4,7-9,11-12,15H,3,5-6,10,16H2,1-2H3. The minimum Gasteiger partial charge on any atom is -0.377 e. The van der Waals surface area contributed by atoms with Gasteiger partial charge in [0.15, 0.2) is 0 Å². The van der Waals surface area contributed by atoms with Crippen molar-refractivity contribution in [3.05, 3.63) is 35.4 Å². The van der Waals surface area contributed by atoms with Crippen LogP contribution in [0.25, 0.3) is 0 Å². The molecule has 2 nitrogen and oxygen atoms in total. The molecule has 1 unspecified atom stereocenters. The van der Waals surface area contributed by atoms with Gasteiger partial charge in [-0.3, -0.25) is 0 Å². The van der Waals surface area contributed by atoms with Gasteiger partial charge in [-0.15, -0.1) is 0 Å². The van der Waals surface area contributed by atoms with Crippen molar-refractivity contribution in [3.8, 4) is 0 Å². The number of rotatable bonds is 5. The van der Waals surface area contributed by atoms with E-state index in [4.69, 9.17) is 10.5 Å². The summed E-state index contributed by atoms with van der Waals surface area (Å²) in [6.45, 7) is 4.68. The first-order valence-corrected chi connectivity index (χ1v) is 6.64. The number of hydrogen-bond acceptors (Lipinski definition) is 2. The second-order valence-electron chi connectivity index (χ2n) is 5.29. The van der Waals surface area contributed by atoms with Gasteiger partial charge in [0.05, 0.1) is 18.8 Å². The first kappa shape index (κ1) is 12.6. The molecule has 1 aliphatic carbocycles. The van der Waals surface area contributed by atoms with Crippen molar-refractivity contribution >= 4 is 0 Å². The van der Waals surface area contributed by atoms with E-state index < -0.39 is 0 Å². The van der Waals surface area contributed by atoms with E-state index in [1.54, 1.807) is 0 Å². The normalized spacial score (nSPS) is 18.1. The molecule has 1 fully saturated rings. The second kappa shape index (κ2) is 5.65. The van der Waals surface area contributed by atoms with Gasteiger partial charge in [-0.25, -0.2) is 0 Å². The van der Waals surface area contributed by atoms with Gasteiger partial charge in [-0.05, 0) is 43.7 Å². The smallest absolute Gasteiger partial charge is 0.0662 e. The van der Waals surface area contributed by atoms with Crippen molar-refractivity contribution in [2.45, 2.75) is 51.2 Å². The highest BCUT2D eigenvalue weighted by Gasteiger charge is 2.20. The third-order valence-corrected chi connectivity index (χ3v) is 3.52. The highest BCUT2D eigenvalue weighted by atomic mass is 16.5. The Hall–Kier alpha value is -0.860. The van der Waals surface area contributed by atoms with Crippen LogP contribution in [0.15, 0.2) is 24.3 Å². The highest BCUT2D eigenvalue weighted by molar-refractivity contribution is 5.29. The Labute approximate surface area is 104 Å². The molecule has 94 valence electrons. The summed E-state index contributed by atoms with van der Waals surface area (Å²) in [5.41, 5.74) is 8.80. The van der Waals surface area contributed by atoms with Crippen LogP contribution in [0.1, 0.15) is 56.2 Å². The SMILES string of the molecule is CC(C)OCC(N)c1cccc(C2CCC2)c1. The predicted octanol–water partition coefficient (Wildman–Crippen LogP) is 3.38. The van der Waals surface area contributed by atoms with Crippen LogP contribution >= 0.6 is 0 Å². The van der Waals surface area contributed by atoms with Crippen LogP contribution in [-0.4, -0.2) is 12.7 Å². The molecular formula is C15H23NO. The summed E-state index contributed by atoms with van der Waals surface area (Å²) in [6, 6.07) is 8.72. The molecule has 0 aliphatic heterocycles. The largest absolute Gasteiger partial charge is 0.377 e. The van der Waals surface area contributed by atoms with Crippen molar-refractivity contribution in [2.24, 2.45) is 5.73 Å². The molecule has 2 rings (SSSR count). The summed E-state index contributed by atoms with van der Waals surface area (Å²) in [6.07, 6.45) is 4.29. The maximum atomic E-state index is 6.15. The Kier molecular flexibility index (Phi) is 4.19. The Bertz CT molecular complexity index is 358. The van der Waals surface area contributed by atoms with Crippen LogP contribution < -0.4 is 5.73 Å². The molecule has 2 N–H and O–H groups in total. The first-order chi connectivity index (χ1) is 8.16. The summed E-state index contributed by atoms with van der Waals surface area (Å²) in [5.74, 6) is 0.771. The fraction of sp³-hybridized carbons (Fsp3) is 0.600. The van der Waals surface area contributed by atoms with Crippen molar-refractivity contribution in [3.63, 3.8) is 0 Å². The Balaban J connectivity index is 1.99. The molecule has 0 spiro atoms. The summed E-state index contributed by atoms with van der Waals surface area (Å²) in [7, 11) is 0. The molecule has 17 heavy (non-hydrogen) atoms. The van der Waals surface area contributed by atoms with Gasteiger partial charge < -0.3 is 10.5 Å². The minimum atomic E-state index is -0.00238. The Morgan fingerprint density at radius 2 is 2.12 bits per heavy atom. The molecule has 1 saturated carbocycles. The zero-order valence-electron chi connectivity index (χ0n) is 10.9. The monoisotopic (exact) mass is 233 g/mol. The summed E-state index contributed by atoms with van der Waals surface area (Å²) in [5, 5.41) is 0. The number of hydrogen-bond donors (Lipinski definition) is 1. The van der Waals surface area contributed by atoms with Crippen molar-refractivity contribution in [2.75, 3.05) is 6.61 Å². The topological polar surface area (TPSA) is 35.2 Å². The molecule has 0 amide bonds. The molecule has 2 heteroatoms. The lowest BCUT2D eigenvalue weighted by atomic mass is 9.79. The molecule has 0 saturated heterocycles. The van der Waals surface area contributed by atoms with E-state index in [1.807, 2.05) is 13.8 Å². The maximum absolute atomic E-state index is 6.15.